The van der Waals surface area contributed by atoms with Crippen molar-refractivity contribution in [2.24, 2.45) is 0 Å². The molecule has 0 bridgehead atoms. The summed E-state index contributed by atoms with van der Waals surface area (Å²) in [6.07, 6.45) is 7.64. The van der Waals surface area contributed by atoms with Crippen molar-refractivity contribution < 1.29 is 4.74 Å². The number of rotatable bonds is 2. The van der Waals surface area contributed by atoms with E-state index >= 15 is 0 Å². The Bertz CT molecular complexity index is 694. The minimum atomic E-state index is 0.666. The Balaban J connectivity index is 1.48. The van der Waals surface area contributed by atoms with Gasteiger partial charge in [0.05, 0.1) is 0 Å². The maximum absolute atomic E-state index is 5.14. The average Bonchev–Trinajstić information content (AvgIpc) is 3.27. The summed E-state index contributed by atoms with van der Waals surface area (Å²) in [5.74, 6) is 4.79. The van der Waals surface area contributed by atoms with Crippen LogP contribution in [0.25, 0.3) is 0 Å². The quantitative estimate of drug-likeness (QED) is 0.411. The Kier molecular flexibility index (Phi) is 6.43. The second-order valence-electron chi connectivity index (χ2n) is 4.23. The normalized spacial score (nSPS) is 23.6. The van der Waals surface area contributed by atoms with Crippen LogP contribution in [-0.2, 0) is 4.74 Å². The van der Waals surface area contributed by atoms with E-state index in [1.165, 1.54) is 18.3 Å². The van der Waals surface area contributed by atoms with Crippen molar-refractivity contribution in [2.75, 3.05) is 0 Å². The van der Waals surface area contributed by atoms with Crippen molar-refractivity contribution >= 4 is 107 Å². The molecule has 120 valence electrons. The molecule has 0 spiro atoms. The molecule has 0 aromatic heterocycles. The summed E-state index contributed by atoms with van der Waals surface area (Å²) in [7, 11) is 0. The van der Waals surface area contributed by atoms with Gasteiger partial charge in [0.15, 0.2) is 0 Å². The Morgan fingerprint density at radius 2 is 1.30 bits per heavy atom. The number of hydrogen-bond acceptors (Lipinski definition) is 5. The molecule has 0 aliphatic carbocycles. The van der Waals surface area contributed by atoms with Crippen LogP contribution in [0.15, 0.2) is 57.3 Å². The molecule has 4 rings (SSSR count). The average molecular weight is 638 g/mol. The third kappa shape index (κ3) is 3.88. The second kappa shape index (κ2) is 8.17. The van der Waals surface area contributed by atoms with Crippen molar-refractivity contribution in [2.45, 2.75) is 11.6 Å². The van der Waals surface area contributed by atoms with Gasteiger partial charge in [-0.3, -0.25) is 0 Å². The molecule has 0 radical (unpaired) electrons. The van der Waals surface area contributed by atoms with Gasteiger partial charge in [-0.15, -0.1) is 0 Å². The third-order valence-electron chi connectivity index (χ3n) is 2.87. The molecule has 0 unspecified atom stereocenters. The molecule has 0 saturated heterocycles. The molecule has 0 aromatic carbocycles. The molecule has 0 saturated carbocycles. The van der Waals surface area contributed by atoms with Crippen molar-refractivity contribution in [1.29, 1.82) is 0 Å². The van der Waals surface area contributed by atoms with Crippen LogP contribution in [0.1, 0.15) is 0 Å². The maximum atomic E-state index is 5.14. The summed E-state index contributed by atoms with van der Waals surface area (Å²) < 4.78 is 16.7. The summed E-state index contributed by atoms with van der Waals surface area (Å²) in [5.41, 5.74) is 1.28. The van der Waals surface area contributed by atoms with E-state index in [1.807, 2.05) is 57.2 Å². The van der Waals surface area contributed by atoms with E-state index in [-0.39, 0.29) is 0 Å². The Morgan fingerprint density at radius 3 is 1.83 bits per heavy atom. The van der Waals surface area contributed by atoms with Crippen LogP contribution in [-0.4, -0.2) is 59.8 Å². The fraction of sp³-hybridized carbons (Fsp3) is 0.143. The summed E-state index contributed by atoms with van der Waals surface area (Å²) in [4.78, 5) is 0. The predicted octanol–water partition coefficient (Wildman–Crippen LogP) is 4.52. The number of ether oxygens (including phenoxy) is 1. The summed E-state index contributed by atoms with van der Waals surface area (Å²) >= 11 is 10.8. The number of hydrogen-bond donors (Lipinski definition) is 0. The molecule has 0 atom stereocenters. The Hall–Kier alpha value is 1.72. The number of allylic oxidation sites excluding steroid dienone is 3. The zero-order chi connectivity index (χ0) is 15.8. The van der Waals surface area contributed by atoms with Gasteiger partial charge in [-0.2, -0.15) is 0 Å². The van der Waals surface area contributed by atoms with Gasteiger partial charge in [-0.25, -0.2) is 0 Å². The first kappa shape index (κ1) is 18.1. The van der Waals surface area contributed by atoms with E-state index in [0.717, 1.165) is 29.9 Å². The fourth-order valence-corrected chi connectivity index (χ4v) is 26.4. The second-order valence-corrected chi connectivity index (χ2v) is 21.0. The zero-order valence-electron chi connectivity index (χ0n) is 12.0. The molecule has 0 N–H and O–H groups in total. The molecule has 9 heteroatoms. The molecule has 0 amide bonds. The van der Waals surface area contributed by atoms with E-state index in [2.05, 4.69) is 23.8 Å². The first-order valence-corrected chi connectivity index (χ1v) is 18.2. The molecule has 4 aliphatic rings. The summed E-state index contributed by atoms with van der Waals surface area (Å²) in [5, 5.41) is 0. The van der Waals surface area contributed by atoms with Crippen LogP contribution in [0, 0.1) is 0 Å². The summed E-state index contributed by atoms with van der Waals surface area (Å²) in [6.45, 7) is 0. The Morgan fingerprint density at radius 1 is 0.783 bits per heavy atom. The molecule has 4 aliphatic heterocycles. The molecular formula is C14H10OS4Se4. The van der Waals surface area contributed by atoms with Gasteiger partial charge in [-0.1, -0.05) is 0 Å². The van der Waals surface area contributed by atoms with Crippen molar-refractivity contribution in [3.8, 4) is 0 Å². The zero-order valence-corrected chi connectivity index (χ0v) is 22.1. The van der Waals surface area contributed by atoms with Crippen LogP contribution >= 0.6 is 47.0 Å². The summed E-state index contributed by atoms with van der Waals surface area (Å²) in [6, 6.07) is 0. The molecule has 4 heterocycles. The van der Waals surface area contributed by atoms with Gasteiger partial charge in [0.2, 0.25) is 0 Å². The predicted molar refractivity (Wildman–Crippen MR) is 113 cm³/mol. The van der Waals surface area contributed by atoms with Crippen LogP contribution in [0.3, 0.4) is 0 Å². The first-order chi connectivity index (χ1) is 11.3. The van der Waals surface area contributed by atoms with Gasteiger partial charge in [-0.05, 0) is 0 Å². The van der Waals surface area contributed by atoms with Gasteiger partial charge in [0.1, 0.15) is 0 Å². The standard InChI is InChI=1S/C14H10OS4Se4/c1-20-13-14(21-2)23-12(22-13)11-18-9-10(19-11)17-8(16-9)7-3-5-15-6-4-7/h3-6H,1-2H3. The van der Waals surface area contributed by atoms with Crippen LogP contribution < -0.4 is 0 Å². The topological polar surface area (TPSA) is 9.23 Å². The van der Waals surface area contributed by atoms with Crippen molar-refractivity contribution in [3.05, 3.63) is 57.3 Å². The molecular weight excluding hydrogens is 628 g/mol. The molecule has 0 fully saturated rings. The van der Waals surface area contributed by atoms with Crippen LogP contribution in [0.5, 0.6) is 0 Å². The SMILES string of the molecule is C[Se]C1=C([Se]C)[Se]C(=C2SC3=C(SC(=C4C=COC=C4)S3)S2)[Se]1. The van der Waals surface area contributed by atoms with E-state index < -0.39 is 0 Å². The minimum absolute atomic E-state index is 0.666. The van der Waals surface area contributed by atoms with Crippen molar-refractivity contribution in [3.63, 3.8) is 0 Å². The van der Waals surface area contributed by atoms with E-state index in [9.17, 15) is 0 Å². The molecule has 0 aromatic rings. The van der Waals surface area contributed by atoms with E-state index in [0.29, 0.717) is 29.9 Å². The van der Waals surface area contributed by atoms with Gasteiger partial charge < -0.3 is 0 Å². The van der Waals surface area contributed by atoms with E-state index in [4.69, 9.17) is 4.74 Å². The monoisotopic (exact) mass is 642 g/mol. The fourth-order valence-electron chi connectivity index (χ4n) is 1.86. The van der Waals surface area contributed by atoms with E-state index in [1.54, 1.807) is 16.8 Å². The first-order valence-electron chi connectivity index (χ1n) is 6.39. The van der Waals surface area contributed by atoms with Crippen molar-refractivity contribution in [1.82, 2.24) is 0 Å². The van der Waals surface area contributed by atoms with Gasteiger partial charge >= 0.3 is 181 Å². The van der Waals surface area contributed by atoms with Crippen LogP contribution in [0.2, 0.25) is 11.6 Å². The molecule has 1 nitrogen and oxygen atoms in total. The third-order valence-corrected chi connectivity index (χ3v) is 25.3. The number of thioether (sulfide) groups is 4. The van der Waals surface area contributed by atoms with Gasteiger partial charge in [0.25, 0.3) is 0 Å². The Labute approximate surface area is 178 Å². The van der Waals surface area contributed by atoms with Gasteiger partial charge in [0, 0.05) is 0 Å². The van der Waals surface area contributed by atoms with Crippen LogP contribution in [0.4, 0.5) is 0 Å². The molecule has 23 heavy (non-hydrogen) atoms.